The molecule has 0 radical (unpaired) electrons. The van der Waals surface area contributed by atoms with Crippen LogP contribution in [0.25, 0.3) is 0 Å². The lowest BCUT2D eigenvalue weighted by Gasteiger charge is -2.23. The Kier molecular flexibility index (Phi) is 5.07. The number of urea groups is 1. The van der Waals surface area contributed by atoms with E-state index in [-0.39, 0.29) is 31.6 Å². The third kappa shape index (κ3) is 3.87. The van der Waals surface area contributed by atoms with Crippen LogP contribution in [-0.4, -0.2) is 60.6 Å². The highest BCUT2D eigenvalue weighted by molar-refractivity contribution is 6.00. The molecule has 2 aliphatic heterocycles. The Morgan fingerprint density at radius 2 is 1.83 bits per heavy atom. The summed E-state index contributed by atoms with van der Waals surface area (Å²) < 4.78 is 5.71. The summed E-state index contributed by atoms with van der Waals surface area (Å²) in [7, 11) is 1.65. The molecule has 2 aromatic carbocycles. The van der Waals surface area contributed by atoms with Crippen molar-refractivity contribution in [1.29, 1.82) is 0 Å². The van der Waals surface area contributed by atoms with E-state index >= 15 is 0 Å². The smallest absolute Gasteiger partial charge is 0.320 e. The van der Waals surface area contributed by atoms with Gasteiger partial charge in [0.2, 0.25) is 5.91 Å². The van der Waals surface area contributed by atoms with E-state index in [9.17, 15) is 14.4 Å². The van der Waals surface area contributed by atoms with Crippen LogP contribution in [0.3, 0.4) is 0 Å². The molecule has 0 saturated carbocycles. The molecule has 0 unspecified atom stereocenters. The predicted molar refractivity (Wildman–Crippen MR) is 106 cm³/mol. The molecular weight excluding hydrogens is 372 g/mol. The topological polar surface area (TPSA) is 82.2 Å². The molecule has 2 heterocycles. The maximum Gasteiger partial charge on any atom is 0.320 e. The molecular formula is C21H22N4O4. The maximum absolute atomic E-state index is 12.8. The zero-order valence-electron chi connectivity index (χ0n) is 16.1. The molecule has 4 amide bonds. The van der Waals surface area contributed by atoms with Gasteiger partial charge in [-0.2, -0.15) is 0 Å². The minimum absolute atomic E-state index is 0.0174. The maximum atomic E-state index is 12.8. The number of anilines is 1. The SMILES string of the molecule is CN1C(=O)[C@@H](NC(=O)N2CC(=O)N(Cc3ccccc3)C2)COc2ccccc21. The van der Waals surface area contributed by atoms with E-state index < -0.39 is 12.1 Å². The number of nitrogens with one attached hydrogen (secondary N) is 1. The number of amides is 4. The number of carbonyl (C=O) groups is 3. The van der Waals surface area contributed by atoms with Crippen LogP contribution >= 0.6 is 0 Å². The fourth-order valence-corrected chi connectivity index (χ4v) is 3.47. The average molecular weight is 394 g/mol. The Morgan fingerprint density at radius 1 is 1.10 bits per heavy atom. The van der Waals surface area contributed by atoms with E-state index in [0.717, 1.165) is 5.56 Å². The van der Waals surface area contributed by atoms with Crippen LogP contribution in [0.5, 0.6) is 5.75 Å². The van der Waals surface area contributed by atoms with E-state index in [4.69, 9.17) is 4.74 Å². The first-order chi connectivity index (χ1) is 14.0. The summed E-state index contributed by atoms with van der Waals surface area (Å²) in [5.41, 5.74) is 1.65. The minimum atomic E-state index is -0.835. The first kappa shape index (κ1) is 18.8. The number of para-hydroxylation sites is 2. The number of hydrogen-bond acceptors (Lipinski definition) is 4. The highest BCUT2D eigenvalue weighted by Gasteiger charge is 2.35. The van der Waals surface area contributed by atoms with Gasteiger partial charge >= 0.3 is 6.03 Å². The number of ether oxygens (including phenoxy) is 1. The van der Waals surface area contributed by atoms with E-state index in [0.29, 0.717) is 18.0 Å². The van der Waals surface area contributed by atoms with Crippen LogP contribution in [-0.2, 0) is 16.1 Å². The second-order valence-electron chi connectivity index (χ2n) is 7.09. The molecule has 0 aromatic heterocycles. The van der Waals surface area contributed by atoms with E-state index in [2.05, 4.69) is 5.32 Å². The number of fused-ring (bicyclic) bond motifs is 1. The molecule has 4 rings (SSSR count). The van der Waals surface area contributed by atoms with Crippen molar-refractivity contribution in [3.05, 3.63) is 60.2 Å². The minimum Gasteiger partial charge on any atom is -0.489 e. The summed E-state index contributed by atoms with van der Waals surface area (Å²) in [5, 5.41) is 2.71. The average Bonchev–Trinajstić information content (AvgIpc) is 3.06. The zero-order valence-corrected chi connectivity index (χ0v) is 16.1. The van der Waals surface area contributed by atoms with E-state index in [1.165, 1.54) is 9.80 Å². The van der Waals surface area contributed by atoms with E-state index in [1.54, 1.807) is 24.1 Å². The van der Waals surface area contributed by atoms with Crippen LogP contribution in [0.4, 0.5) is 10.5 Å². The highest BCUT2D eigenvalue weighted by Crippen LogP contribution is 2.29. The Bertz CT molecular complexity index is 933. The fraction of sp³-hybridized carbons (Fsp3) is 0.286. The highest BCUT2D eigenvalue weighted by atomic mass is 16.5. The molecule has 8 nitrogen and oxygen atoms in total. The van der Waals surface area contributed by atoms with Crippen LogP contribution in [0.1, 0.15) is 5.56 Å². The van der Waals surface area contributed by atoms with Crippen molar-refractivity contribution in [3.8, 4) is 5.75 Å². The number of likely N-dealkylation sites (N-methyl/N-ethyl adjacent to an activating group) is 1. The lowest BCUT2D eigenvalue weighted by Crippen LogP contribution is -2.53. The Balaban J connectivity index is 1.39. The number of hydrogen-bond donors (Lipinski definition) is 1. The summed E-state index contributed by atoms with van der Waals surface area (Å²) in [6.45, 7) is 0.627. The van der Waals surface area contributed by atoms with Crippen molar-refractivity contribution < 1.29 is 19.1 Å². The fourth-order valence-electron chi connectivity index (χ4n) is 3.47. The van der Waals surface area contributed by atoms with Crippen LogP contribution in [0, 0.1) is 0 Å². The number of rotatable bonds is 3. The predicted octanol–water partition coefficient (Wildman–Crippen LogP) is 1.42. The summed E-state index contributed by atoms with van der Waals surface area (Å²) in [5.74, 6) is 0.192. The van der Waals surface area contributed by atoms with Crippen molar-refractivity contribution in [2.75, 3.05) is 31.8 Å². The van der Waals surface area contributed by atoms with Crippen LogP contribution < -0.4 is 15.0 Å². The van der Waals surface area contributed by atoms with Crippen molar-refractivity contribution >= 4 is 23.5 Å². The van der Waals surface area contributed by atoms with Crippen LogP contribution in [0.15, 0.2) is 54.6 Å². The third-order valence-corrected chi connectivity index (χ3v) is 5.08. The largest absolute Gasteiger partial charge is 0.489 e. The van der Waals surface area contributed by atoms with Crippen LogP contribution in [0.2, 0.25) is 0 Å². The van der Waals surface area contributed by atoms with Gasteiger partial charge in [-0.05, 0) is 17.7 Å². The van der Waals surface area contributed by atoms with E-state index in [1.807, 2.05) is 42.5 Å². The first-order valence-electron chi connectivity index (χ1n) is 9.39. The first-order valence-corrected chi connectivity index (χ1v) is 9.39. The van der Waals surface area contributed by atoms with Crippen molar-refractivity contribution in [1.82, 2.24) is 15.1 Å². The molecule has 0 aliphatic carbocycles. The monoisotopic (exact) mass is 394 g/mol. The molecule has 2 aromatic rings. The van der Waals surface area contributed by atoms with Gasteiger partial charge in [-0.25, -0.2) is 4.79 Å². The standard InChI is InChI=1S/C21H22N4O4/c1-23-17-9-5-6-10-18(17)29-13-16(20(23)27)22-21(28)25-12-19(26)24(14-25)11-15-7-3-2-4-8-15/h2-10,16H,11-14H2,1H3,(H,22,28)/t16-/m0/s1. The Hall–Kier alpha value is -3.55. The van der Waals surface area contributed by atoms with Gasteiger partial charge in [0, 0.05) is 13.6 Å². The third-order valence-electron chi connectivity index (χ3n) is 5.08. The molecule has 150 valence electrons. The number of benzene rings is 2. The quantitative estimate of drug-likeness (QED) is 0.854. The van der Waals surface area contributed by atoms with Gasteiger partial charge in [0.15, 0.2) is 0 Å². The van der Waals surface area contributed by atoms with Crippen molar-refractivity contribution in [3.63, 3.8) is 0 Å². The zero-order chi connectivity index (χ0) is 20.4. The molecule has 8 heteroatoms. The molecule has 1 fully saturated rings. The van der Waals surface area contributed by atoms with Gasteiger partial charge in [-0.3, -0.25) is 14.5 Å². The van der Waals surface area contributed by atoms with Gasteiger partial charge in [-0.15, -0.1) is 0 Å². The summed E-state index contributed by atoms with van der Waals surface area (Å²) in [4.78, 5) is 42.3. The Labute approximate surface area is 168 Å². The van der Waals surface area contributed by atoms with Crippen molar-refractivity contribution in [2.45, 2.75) is 12.6 Å². The van der Waals surface area contributed by atoms with Gasteiger partial charge in [0.1, 0.15) is 24.9 Å². The normalized spacial score (nSPS) is 18.9. The van der Waals surface area contributed by atoms with Gasteiger partial charge in [0.25, 0.3) is 5.91 Å². The lowest BCUT2D eigenvalue weighted by atomic mass is 10.2. The number of nitrogens with zero attached hydrogens (tertiary/aromatic N) is 3. The molecule has 29 heavy (non-hydrogen) atoms. The molecule has 1 atom stereocenters. The lowest BCUT2D eigenvalue weighted by molar-refractivity contribution is -0.127. The second kappa shape index (κ2) is 7.83. The number of carbonyl (C=O) groups excluding carboxylic acids is 3. The molecule has 0 spiro atoms. The summed E-state index contributed by atoms with van der Waals surface area (Å²) >= 11 is 0. The van der Waals surface area contributed by atoms with Gasteiger partial charge in [0.05, 0.1) is 12.4 Å². The van der Waals surface area contributed by atoms with Gasteiger partial charge in [-0.1, -0.05) is 42.5 Å². The molecule has 0 bridgehead atoms. The summed E-state index contributed by atoms with van der Waals surface area (Å²) in [6.07, 6.45) is 0. The van der Waals surface area contributed by atoms with Crippen molar-refractivity contribution in [2.24, 2.45) is 0 Å². The molecule has 1 N–H and O–H groups in total. The molecule has 1 saturated heterocycles. The molecule has 2 aliphatic rings. The summed E-state index contributed by atoms with van der Waals surface area (Å²) in [6, 6.07) is 15.5. The Morgan fingerprint density at radius 3 is 2.62 bits per heavy atom. The second-order valence-corrected chi connectivity index (χ2v) is 7.09. The van der Waals surface area contributed by atoms with Gasteiger partial charge < -0.3 is 19.9 Å².